The lowest BCUT2D eigenvalue weighted by atomic mass is 9.78. The van der Waals surface area contributed by atoms with E-state index in [0.29, 0.717) is 5.69 Å². The first kappa shape index (κ1) is 47.0. The lowest BCUT2D eigenvalue weighted by molar-refractivity contribution is -0.160. The minimum atomic E-state index is -2.09. The topological polar surface area (TPSA) is 210 Å². The monoisotopic (exact) mass is 876 g/mol. The number of carbonyl (C=O) groups excluding carboxylic acids is 4. The van der Waals surface area contributed by atoms with Gasteiger partial charge in [-0.1, -0.05) is 88.4 Å². The standard InChI is InChI=1S/C50H56N2O12/c1-25-14-13-15-26(2)49(60)52-40-35(24-51-34-20-18-33(19-21-34)32-16-11-10-12-17-32)44(57)37-38(45(40)58)43(56)30(6)47-39(37)48(59)50(8,64-47)62-23-22-36(61-9)27(3)46(63-31(7)53)29(5)42(55)28(4)41(25)54/h10-25,27-29,36,41-42,46,51,54-56,58H,1-9H3,(H,52,60)/b14-13+,23-22+,26-15+,35-24+. The molecule has 64 heavy (non-hydrogen) atoms. The summed E-state index contributed by atoms with van der Waals surface area (Å²) >= 11 is 0. The average molecular weight is 877 g/mol. The van der Waals surface area contributed by atoms with Gasteiger partial charge in [-0.15, -0.1) is 0 Å². The van der Waals surface area contributed by atoms with Crippen molar-refractivity contribution in [1.82, 2.24) is 5.32 Å². The molecule has 6 N–H and O–H groups in total. The van der Waals surface area contributed by atoms with E-state index in [4.69, 9.17) is 18.9 Å². The Bertz CT molecular complexity index is 2470. The van der Waals surface area contributed by atoms with Gasteiger partial charge in [-0.2, -0.15) is 0 Å². The molecule has 4 aliphatic rings. The Morgan fingerprint density at radius 2 is 1.52 bits per heavy atom. The molecule has 3 aromatic carbocycles. The Labute approximate surface area is 372 Å². The molecule has 3 aliphatic heterocycles. The molecule has 0 saturated carbocycles. The van der Waals surface area contributed by atoms with E-state index in [1.165, 1.54) is 59.4 Å². The molecule has 7 rings (SSSR count). The molecule has 9 unspecified atom stereocenters. The number of Topliss-reactive ketones (excluding diaryl/α,β-unsaturated/α-hetero) is 2. The number of phenols is 1. The Morgan fingerprint density at radius 3 is 2.16 bits per heavy atom. The molecule has 0 spiro atoms. The van der Waals surface area contributed by atoms with Crippen molar-refractivity contribution in [1.29, 1.82) is 0 Å². The maximum absolute atomic E-state index is 14.8. The van der Waals surface area contributed by atoms with Crippen molar-refractivity contribution < 1.29 is 58.6 Å². The van der Waals surface area contributed by atoms with Crippen LogP contribution in [0.3, 0.4) is 0 Å². The fourth-order valence-corrected chi connectivity index (χ4v) is 8.41. The number of ether oxygens (including phenoxy) is 4. The number of carbonyl (C=O) groups is 4. The van der Waals surface area contributed by atoms with Crippen LogP contribution in [0.15, 0.2) is 108 Å². The molecule has 0 saturated heterocycles. The second kappa shape index (κ2) is 19.1. The predicted octanol–water partition coefficient (Wildman–Crippen LogP) is 7.45. The fourth-order valence-electron chi connectivity index (χ4n) is 8.41. The maximum atomic E-state index is 14.8. The molecule has 0 radical (unpaired) electrons. The fraction of sp³-hybridized carbons (Fsp3) is 0.360. The van der Waals surface area contributed by atoms with E-state index in [1.807, 2.05) is 42.5 Å². The van der Waals surface area contributed by atoms with E-state index < -0.39 is 88.8 Å². The number of fused-ring (bicyclic) bond motifs is 14. The third kappa shape index (κ3) is 9.12. The number of allylic oxidation sites excluding steroid dienone is 3. The van der Waals surface area contributed by atoms with E-state index in [0.717, 1.165) is 11.1 Å². The van der Waals surface area contributed by atoms with Gasteiger partial charge < -0.3 is 50.0 Å². The third-order valence-corrected chi connectivity index (χ3v) is 12.4. The number of hydrogen-bond acceptors (Lipinski definition) is 13. The summed E-state index contributed by atoms with van der Waals surface area (Å²) in [5.41, 5.74) is 1.07. The zero-order valence-electron chi connectivity index (χ0n) is 37.3. The molecule has 14 nitrogen and oxygen atoms in total. The lowest BCUT2D eigenvalue weighted by Gasteiger charge is -2.38. The third-order valence-electron chi connectivity index (χ3n) is 12.4. The molecule has 3 aromatic rings. The first-order valence-electron chi connectivity index (χ1n) is 21.1. The van der Waals surface area contributed by atoms with Crippen molar-refractivity contribution in [2.45, 2.75) is 85.6 Å². The van der Waals surface area contributed by atoms with Crippen LogP contribution in [-0.2, 0) is 23.8 Å². The van der Waals surface area contributed by atoms with E-state index in [-0.39, 0.29) is 44.8 Å². The molecule has 1 amide bonds. The number of benzene rings is 3. The number of hydrogen-bond donors (Lipinski definition) is 6. The average Bonchev–Trinajstić information content (AvgIpc) is 3.54. The molecule has 0 aromatic heterocycles. The number of ketones is 2. The Kier molecular flexibility index (Phi) is 14.0. The number of esters is 1. The molecule has 14 heteroatoms. The summed E-state index contributed by atoms with van der Waals surface area (Å²) < 4.78 is 23.6. The van der Waals surface area contributed by atoms with Crippen molar-refractivity contribution in [3.63, 3.8) is 0 Å². The van der Waals surface area contributed by atoms with Crippen LogP contribution in [0.4, 0.5) is 5.69 Å². The lowest BCUT2D eigenvalue weighted by Crippen LogP contribution is -2.46. The smallest absolute Gasteiger partial charge is 0.312 e. The van der Waals surface area contributed by atoms with Gasteiger partial charge in [-0.3, -0.25) is 19.2 Å². The summed E-state index contributed by atoms with van der Waals surface area (Å²) in [6.45, 7) is 12.4. The van der Waals surface area contributed by atoms with Crippen LogP contribution in [0.2, 0.25) is 0 Å². The molecular formula is C50H56N2O12. The van der Waals surface area contributed by atoms with Crippen LogP contribution in [0.25, 0.3) is 16.9 Å². The highest BCUT2D eigenvalue weighted by Gasteiger charge is 2.52. The minimum Gasteiger partial charge on any atom is -0.507 e. The summed E-state index contributed by atoms with van der Waals surface area (Å²) in [5.74, 6) is -8.97. The highest BCUT2D eigenvalue weighted by Crippen LogP contribution is 2.50. The van der Waals surface area contributed by atoms with Crippen molar-refractivity contribution in [2.24, 2.45) is 23.7 Å². The molecule has 0 fully saturated rings. The van der Waals surface area contributed by atoms with Gasteiger partial charge in [-0.05, 0) is 43.2 Å². The number of methoxy groups -OCH3 is 1. The van der Waals surface area contributed by atoms with Gasteiger partial charge in [0.2, 0.25) is 0 Å². The predicted molar refractivity (Wildman–Crippen MR) is 240 cm³/mol. The largest absolute Gasteiger partial charge is 0.507 e. The summed E-state index contributed by atoms with van der Waals surface area (Å²) in [7, 11) is 1.43. The number of phenolic OH excluding ortho intramolecular Hbond substituents is 1. The van der Waals surface area contributed by atoms with Crippen molar-refractivity contribution >= 4 is 34.9 Å². The van der Waals surface area contributed by atoms with Gasteiger partial charge in [-0.25, -0.2) is 0 Å². The van der Waals surface area contributed by atoms with Gasteiger partial charge in [0.05, 0.1) is 52.5 Å². The quantitative estimate of drug-likeness (QED) is 0.109. The number of aromatic hydroxyl groups is 1. The SMILES string of the molecule is COC1/C=C/OC2(C)Oc3c(C)c(O)c4c(c3C2=O)C(=O)/C(=C/Nc2ccc(-c3ccccc3)cc2)C(=C4O)NC(=O)/C(C)=C/C=C/C(C)C(O)C(C)C(O)C(C)C(OC(C)=O)C1C. The van der Waals surface area contributed by atoms with Crippen LogP contribution in [0, 0.1) is 30.6 Å². The van der Waals surface area contributed by atoms with E-state index in [9.17, 15) is 39.6 Å². The Balaban J connectivity index is 1.48. The zero-order chi connectivity index (χ0) is 46.8. The second-order valence-corrected chi connectivity index (χ2v) is 16.8. The highest BCUT2D eigenvalue weighted by atomic mass is 16.7. The summed E-state index contributed by atoms with van der Waals surface area (Å²) in [6, 6.07) is 17.1. The van der Waals surface area contributed by atoms with E-state index >= 15 is 0 Å². The Morgan fingerprint density at radius 1 is 0.859 bits per heavy atom. The molecule has 338 valence electrons. The number of rotatable bonds is 5. The first-order valence-corrected chi connectivity index (χ1v) is 21.1. The summed E-state index contributed by atoms with van der Waals surface area (Å²) in [4.78, 5) is 55.6. The molecule has 3 heterocycles. The number of aliphatic hydroxyl groups excluding tert-OH is 3. The maximum Gasteiger partial charge on any atom is 0.312 e. The normalized spacial score (nSPS) is 30.1. The van der Waals surface area contributed by atoms with Crippen molar-refractivity contribution in [2.75, 3.05) is 12.4 Å². The van der Waals surface area contributed by atoms with E-state index in [1.54, 1.807) is 52.0 Å². The Hall–Kier alpha value is -6.48. The van der Waals surface area contributed by atoms with Gasteiger partial charge in [0, 0.05) is 67.7 Å². The van der Waals surface area contributed by atoms with E-state index in [2.05, 4.69) is 10.6 Å². The van der Waals surface area contributed by atoms with Crippen LogP contribution in [-0.4, -0.2) is 81.2 Å². The van der Waals surface area contributed by atoms with Crippen LogP contribution in [0.1, 0.15) is 80.3 Å². The zero-order valence-corrected chi connectivity index (χ0v) is 37.3. The second-order valence-electron chi connectivity index (χ2n) is 16.8. The van der Waals surface area contributed by atoms with Gasteiger partial charge in [0.1, 0.15) is 17.6 Å². The number of amides is 1. The van der Waals surface area contributed by atoms with Gasteiger partial charge >= 0.3 is 11.8 Å². The summed E-state index contributed by atoms with van der Waals surface area (Å²) in [6.07, 6.45) is 4.73. The number of aliphatic hydroxyl groups is 3. The number of nitrogens with one attached hydrogen (secondary N) is 2. The van der Waals surface area contributed by atoms with Gasteiger partial charge in [0.15, 0.2) is 11.5 Å². The molecule has 1 aliphatic carbocycles. The summed E-state index contributed by atoms with van der Waals surface area (Å²) in [5, 5.41) is 52.3. The number of anilines is 1. The minimum absolute atomic E-state index is 0.0184. The van der Waals surface area contributed by atoms with Gasteiger partial charge in [0.25, 0.3) is 11.7 Å². The van der Waals surface area contributed by atoms with Crippen LogP contribution < -0.4 is 15.4 Å². The highest BCUT2D eigenvalue weighted by molar-refractivity contribution is 6.26. The molecule has 5 bridgehead atoms. The first-order chi connectivity index (χ1) is 30.3. The molecular weight excluding hydrogens is 821 g/mol. The van der Waals surface area contributed by atoms with Crippen LogP contribution in [0.5, 0.6) is 11.5 Å². The molecule has 9 atom stereocenters. The van der Waals surface area contributed by atoms with Crippen LogP contribution >= 0.6 is 0 Å². The van der Waals surface area contributed by atoms with Crippen molar-refractivity contribution in [3.8, 4) is 22.6 Å². The van der Waals surface area contributed by atoms with Crippen molar-refractivity contribution in [3.05, 3.63) is 130 Å².